The van der Waals surface area contributed by atoms with Crippen molar-refractivity contribution in [2.45, 2.75) is 31.3 Å². The lowest BCUT2D eigenvalue weighted by atomic mass is 10.2. The third kappa shape index (κ3) is 4.96. The number of sulfonamides is 1. The van der Waals surface area contributed by atoms with E-state index in [1.807, 2.05) is 0 Å². The molecule has 2 N–H and O–H groups in total. The number of amides is 1. The van der Waals surface area contributed by atoms with Crippen molar-refractivity contribution in [1.82, 2.24) is 25.1 Å². The minimum absolute atomic E-state index is 0.102. The molecule has 34 heavy (non-hydrogen) atoms. The van der Waals surface area contributed by atoms with Gasteiger partial charge in [0.15, 0.2) is 0 Å². The van der Waals surface area contributed by atoms with Crippen molar-refractivity contribution in [2.24, 2.45) is 0 Å². The van der Waals surface area contributed by atoms with E-state index < -0.39 is 21.9 Å². The zero-order valence-electron chi connectivity index (χ0n) is 18.3. The lowest BCUT2D eigenvalue weighted by Crippen LogP contribution is -2.31. The standard InChI is InChI=1S/C22H21FN6O4S/c1-14(29-13-24-12-26-29)21(30)25-11-20-15(2)33-22(27-20)18-8-3-4-9-19(18)28-34(31,32)17-7-5-6-16(23)10-17/h3-10,12-14,28H,11H2,1-2H3,(H,25,30)/t14-/m0/s1. The van der Waals surface area contributed by atoms with Crippen molar-refractivity contribution < 1.29 is 22.0 Å². The summed E-state index contributed by atoms with van der Waals surface area (Å²) < 4.78 is 48.7. The highest BCUT2D eigenvalue weighted by Gasteiger charge is 2.21. The Bertz CT molecular complexity index is 1420. The molecule has 0 aliphatic rings. The summed E-state index contributed by atoms with van der Waals surface area (Å²) in [7, 11) is -4.05. The molecule has 0 bridgehead atoms. The van der Waals surface area contributed by atoms with E-state index >= 15 is 0 Å². The first-order valence-electron chi connectivity index (χ1n) is 10.2. The highest BCUT2D eigenvalue weighted by Crippen LogP contribution is 2.30. The van der Waals surface area contributed by atoms with Gasteiger partial charge in [0, 0.05) is 0 Å². The summed E-state index contributed by atoms with van der Waals surface area (Å²) in [5.41, 5.74) is 1.08. The van der Waals surface area contributed by atoms with E-state index in [-0.39, 0.29) is 28.9 Å². The van der Waals surface area contributed by atoms with Crippen molar-refractivity contribution in [3.8, 4) is 11.5 Å². The molecule has 4 aromatic rings. The van der Waals surface area contributed by atoms with Crippen LogP contribution in [0.1, 0.15) is 24.4 Å². The summed E-state index contributed by atoms with van der Waals surface area (Å²) in [6.45, 7) is 3.48. The molecule has 0 radical (unpaired) electrons. The summed E-state index contributed by atoms with van der Waals surface area (Å²) in [5.74, 6) is -0.308. The van der Waals surface area contributed by atoms with Gasteiger partial charge < -0.3 is 9.73 Å². The first-order valence-corrected chi connectivity index (χ1v) is 11.7. The highest BCUT2D eigenvalue weighted by atomic mass is 32.2. The Hall–Kier alpha value is -4.06. The Morgan fingerprint density at radius 2 is 2.00 bits per heavy atom. The maximum atomic E-state index is 13.5. The van der Waals surface area contributed by atoms with Gasteiger partial charge in [0.05, 0.1) is 22.7 Å². The second-order valence-electron chi connectivity index (χ2n) is 7.40. The van der Waals surface area contributed by atoms with Gasteiger partial charge in [-0.1, -0.05) is 18.2 Å². The largest absolute Gasteiger partial charge is 0.441 e. The van der Waals surface area contributed by atoms with E-state index in [4.69, 9.17) is 4.42 Å². The second-order valence-corrected chi connectivity index (χ2v) is 9.08. The van der Waals surface area contributed by atoms with E-state index in [2.05, 4.69) is 25.1 Å². The molecule has 0 unspecified atom stereocenters. The molecule has 0 fully saturated rings. The van der Waals surface area contributed by atoms with Crippen LogP contribution in [0.2, 0.25) is 0 Å². The van der Waals surface area contributed by atoms with E-state index in [1.54, 1.807) is 38.1 Å². The predicted molar refractivity (Wildman–Crippen MR) is 120 cm³/mol. The average molecular weight is 485 g/mol. The van der Waals surface area contributed by atoms with Gasteiger partial charge in [-0.3, -0.25) is 9.52 Å². The quantitative estimate of drug-likeness (QED) is 0.393. The Balaban J connectivity index is 1.54. The van der Waals surface area contributed by atoms with Crippen LogP contribution >= 0.6 is 0 Å². The zero-order valence-corrected chi connectivity index (χ0v) is 19.1. The summed E-state index contributed by atoms with van der Waals surface area (Å²) in [6, 6.07) is 10.7. The number of aromatic nitrogens is 4. The van der Waals surface area contributed by atoms with E-state index in [0.717, 1.165) is 12.1 Å². The minimum Gasteiger partial charge on any atom is -0.441 e. The van der Waals surface area contributed by atoms with Crippen molar-refractivity contribution in [3.63, 3.8) is 0 Å². The molecule has 176 valence electrons. The van der Waals surface area contributed by atoms with Gasteiger partial charge in [-0.25, -0.2) is 27.5 Å². The molecule has 4 rings (SSSR count). The Morgan fingerprint density at radius 3 is 2.74 bits per heavy atom. The van der Waals surface area contributed by atoms with Gasteiger partial charge in [-0.2, -0.15) is 5.10 Å². The van der Waals surface area contributed by atoms with Gasteiger partial charge in [0.1, 0.15) is 36.0 Å². The lowest BCUT2D eigenvalue weighted by Gasteiger charge is -2.11. The number of aryl methyl sites for hydroxylation is 1. The van der Waals surface area contributed by atoms with Gasteiger partial charge in [0.2, 0.25) is 11.8 Å². The van der Waals surface area contributed by atoms with Crippen LogP contribution in [-0.2, 0) is 21.4 Å². The molecule has 0 aliphatic carbocycles. The third-order valence-corrected chi connectivity index (χ3v) is 6.41. The number of nitrogens with one attached hydrogen (secondary N) is 2. The lowest BCUT2D eigenvalue weighted by molar-refractivity contribution is -0.124. The predicted octanol–water partition coefficient (Wildman–Crippen LogP) is 3.06. The van der Waals surface area contributed by atoms with Crippen molar-refractivity contribution in [3.05, 3.63) is 78.5 Å². The fourth-order valence-electron chi connectivity index (χ4n) is 3.16. The van der Waals surface area contributed by atoms with Crippen LogP contribution in [0.3, 0.4) is 0 Å². The molecule has 0 spiro atoms. The molecule has 0 saturated carbocycles. The number of carbonyl (C=O) groups is 1. The Morgan fingerprint density at radius 1 is 1.21 bits per heavy atom. The van der Waals surface area contributed by atoms with Crippen LogP contribution in [0.4, 0.5) is 10.1 Å². The molecular formula is C22H21FN6O4S. The van der Waals surface area contributed by atoms with E-state index in [9.17, 15) is 17.6 Å². The molecule has 2 heterocycles. The molecule has 1 atom stereocenters. The average Bonchev–Trinajstić information content (AvgIpc) is 3.47. The highest BCUT2D eigenvalue weighted by molar-refractivity contribution is 7.92. The first kappa shape index (κ1) is 23.1. The Kier molecular flexibility index (Phi) is 6.41. The second kappa shape index (κ2) is 9.43. The van der Waals surface area contributed by atoms with Crippen molar-refractivity contribution in [1.29, 1.82) is 0 Å². The number of nitrogens with zero attached hydrogens (tertiary/aromatic N) is 4. The molecular weight excluding hydrogens is 463 g/mol. The van der Waals surface area contributed by atoms with Crippen LogP contribution in [0.5, 0.6) is 0 Å². The summed E-state index contributed by atoms with van der Waals surface area (Å²) >= 11 is 0. The van der Waals surface area contributed by atoms with Crippen LogP contribution in [0, 0.1) is 12.7 Å². The first-order chi connectivity index (χ1) is 16.2. The SMILES string of the molecule is Cc1oc(-c2ccccc2NS(=O)(=O)c2cccc(F)c2)nc1CNC(=O)[C@H](C)n1cncn1. The maximum Gasteiger partial charge on any atom is 0.262 e. The molecule has 0 aliphatic heterocycles. The van der Waals surface area contributed by atoms with Crippen molar-refractivity contribution >= 4 is 21.6 Å². The van der Waals surface area contributed by atoms with Crippen LogP contribution < -0.4 is 10.0 Å². The van der Waals surface area contributed by atoms with Gasteiger partial charge in [0.25, 0.3) is 10.0 Å². The number of para-hydroxylation sites is 1. The number of hydrogen-bond donors (Lipinski definition) is 2. The smallest absolute Gasteiger partial charge is 0.262 e. The molecule has 12 heteroatoms. The Labute approximate surface area is 194 Å². The number of benzene rings is 2. The van der Waals surface area contributed by atoms with Crippen LogP contribution in [0.25, 0.3) is 11.5 Å². The van der Waals surface area contributed by atoms with Gasteiger partial charge >= 0.3 is 0 Å². The third-order valence-electron chi connectivity index (χ3n) is 5.04. The molecule has 10 nitrogen and oxygen atoms in total. The summed E-state index contributed by atoms with van der Waals surface area (Å²) in [6.07, 6.45) is 2.79. The fourth-order valence-corrected chi connectivity index (χ4v) is 4.27. The number of rotatable bonds is 8. The number of oxazole rings is 1. The van der Waals surface area contributed by atoms with E-state index in [0.29, 0.717) is 17.0 Å². The zero-order chi connectivity index (χ0) is 24.3. The normalized spacial score (nSPS) is 12.3. The van der Waals surface area contributed by atoms with E-state index in [1.165, 1.54) is 29.5 Å². The molecule has 2 aromatic carbocycles. The molecule has 2 aromatic heterocycles. The fraction of sp³-hybridized carbons (Fsp3) is 0.182. The maximum absolute atomic E-state index is 13.5. The topological polar surface area (TPSA) is 132 Å². The number of halogens is 1. The van der Waals surface area contributed by atoms with Crippen LogP contribution in [-0.4, -0.2) is 34.1 Å². The number of carbonyl (C=O) groups excluding carboxylic acids is 1. The summed E-state index contributed by atoms with van der Waals surface area (Å²) in [5, 5.41) is 6.73. The monoisotopic (exact) mass is 484 g/mol. The molecule has 1 amide bonds. The molecule has 0 saturated heterocycles. The number of hydrogen-bond acceptors (Lipinski definition) is 7. The van der Waals surface area contributed by atoms with Gasteiger partial charge in [-0.05, 0) is 44.2 Å². The summed E-state index contributed by atoms with van der Waals surface area (Å²) in [4.78, 5) is 20.5. The number of anilines is 1. The van der Waals surface area contributed by atoms with Crippen LogP contribution in [0.15, 0.2) is 70.5 Å². The van der Waals surface area contributed by atoms with Crippen molar-refractivity contribution in [2.75, 3.05) is 4.72 Å². The van der Waals surface area contributed by atoms with Gasteiger partial charge in [-0.15, -0.1) is 0 Å². The minimum atomic E-state index is -4.05.